The number of amides is 1. The Morgan fingerprint density at radius 1 is 1.33 bits per heavy atom. The molecule has 0 unspecified atom stereocenters. The minimum Gasteiger partial charge on any atom is -0.445 e. The highest BCUT2D eigenvalue weighted by Gasteiger charge is 2.46. The standard InChI is InChI=1S/C19H19ClN2O2/c1-13(2)16-10-15(11-17(20)21-16)19(8-9-19)22-18(23)24-12-14-6-4-3-5-7-14/h3-7,10-11H,1,8-9,12H2,2H3,(H,22,23). The number of carbonyl (C=O) groups is 1. The number of alkyl carbamates (subject to hydrolysis) is 1. The zero-order valence-corrected chi connectivity index (χ0v) is 14.3. The maximum absolute atomic E-state index is 12.1. The van der Waals surface area contributed by atoms with E-state index in [9.17, 15) is 4.79 Å². The molecule has 1 fully saturated rings. The van der Waals surface area contributed by atoms with E-state index in [1.807, 2.05) is 43.3 Å². The van der Waals surface area contributed by atoms with Crippen LogP contribution in [0.3, 0.4) is 0 Å². The lowest BCUT2D eigenvalue weighted by Gasteiger charge is -2.19. The molecule has 2 aromatic rings. The van der Waals surface area contributed by atoms with Gasteiger partial charge in [0.25, 0.3) is 0 Å². The van der Waals surface area contributed by atoms with Gasteiger partial charge in [-0.2, -0.15) is 0 Å². The van der Waals surface area contributed by atoms with Crippen molar-refractivity contribution in [2.75, 3.05) is 0 Å². The molecular weight excluding hydrogens is 324 g/mol. The molecule has 1 heterocycles. The maximum Gasteiger partial charge on any atom is 0.408 e. The van der Waals surface area contributed by atoms with Crippen molar-refractivity contribution in [3.63, 3.8) is 0 Å². The van der Waals surface area contributed by atoms with Crippen LogP contribution < -0.4 is 5.32 Å². The summed E-state index contributed by atoms with van der Waals surface area (Å²) in [7, 11) is 0. The number of halogens is 1. The summed E-state index contributed by atoms with van der Waals surface area (Å²) in [6.45, 7) is 6.03. The van der Waals surface area contributed by atoms with Gasteiger partial charge in [0, 0.05) is 0 Å². The average Bonchev–Trinajstić information content (AvgIpc) is 3.34. The zero-order valence-electron chi connectivity index (χ0n) is 13.5. The van der Waals surface area contributed by atoms with Crippen molar-refractivity contribution in [2.45, 2.75) is 31.9 Å². The second kappa shape index (κ2) is 6.65. The summed E-state index contributed by atoms with van der Waals surface area (Å²) < 4.78 is 5.32. The minimum atomic E-state index is -0.429. The first kappa shape index (κ1) is 16.5. The molecule has 3 rings (SSSR count). The van der Waals surface area contributed by atoms with Crippen LogP contribution in [0.1, 0.15) is 36.6 Å². The molecule has 1 aromatic carbocycles. The number of nitrogens with one attached hydrogen (secondary N) is 1. The van der Waals surface area contributed by atoms with Crippen LogP contribution in [0.25, 0.3) is 5.57 Å². The van der Waals surface area contributed by atoms with Crippen LogP contribution in [-0.2, 0) is 16.9 Å². The van der Waals surface area contributed by atoms with Gasteiger partial charge in [0.15, 0.2) is 0 Å². The molecule has 1 N–H and O–H groups in total. The van der Waals surface area contributed by atoms with Crippen molar-refractivity contribution in [1.29, 1.82) is 0 Å². The SMILES string of the molecule is C=C(C)c1cc(C2(NC(=O)OCc3ccccc3)CC2)cc(Cl)n1. The van der Waals surface area contributed by atoms with Crippen LogP contribution in [-0.4, -0.2) is 11.1 Å². The lowest BCUT2D eigenvalue weighted by molar-refractivity contribution is 0.134. The number of aromatic nitrogens is 1. The molecular formula is C19H19ClN2O2. The Morgan fingerprint density at radius 2 is 2.04 bits per heavy atom. The van der Waals surface area contributed by atoms with Crippen LogP contribution >= 0.6 is 11.6 Å². The number of rotatable bonds is 5. The molecule has 0 radical (unpaired) electrons. The Morgan fingerprint density at radius 3 is 2.67 bits per heavy atom. The van der Waals surface area contributed by atoms with Crippen molar-refractivity contribution in [2.24, 2.45) is 0 Å². The van der Waals surface area contributed by atoms with Gasteiger partial charge in [0.1, 0.15) is 11.8 Å². The third-order valence-corrected chi connectivity index (χ3v) is 4.28. The highest BCUT2D eigenvalue weighted by molar-refractivity contribution is 6.29. The van der Waals surface area contributed by atoms with Crippen molar-refractivity contribution in [3.8, 4) is 0 Å². The molecule has 0 saturated heterocycles. The molecule has 0 bridgehead atoms. The summed E-state index contributed by atoms with van der Waals surface area (Å²) in [5.41, 5.74) is 3.06. The van der Waals surface area contributed by atoms with Gasteiger partial charge in [-0.1, -0.05) is 48.5 Å². The Hall–Kier alpha value is -2.33. The lowest BCUT2D eigenvalue weighted by atomic mass is 10.0. The molecule has 124 valence electrons. The first-order valence-electron chi connectivity index (χ1n) is 7.81. The summed E-state index contributed by atoms with van der Waals surface area (Å²) in [6.07, 6.45) is 1.27. The van der Waals surface area contributed by atoms with Gasteiger partial charge in [0.05, 0.1) is 11.2 Å². The fraction of sp³-hybridized carbons (Fsp3) is 0.263. The molecule has 4 nitrogen and oxygen atoms in total. The van der Waals surface area contributed by atoms with E-state index in [2.05, 4.69) is 16.9 Å². The van der Waals surface area contributed by atoms with E-state index in [4.69, 9.17) is 16.3 Å². The fourth-order valence-electron chi connectivity index (χ4n) is 2.56. The third-order valence-electron chi connectivity index (χ3n) is 4.09. The van der Waals surface area contributed by atoms with E-state index >= 15 is 0 Å². The molecule has 0 aliphatic heterocycles. The van der Waals surface area contributed by atoms with Crippen LogP contribution in [0.15, 0.2) is 49.0 Å². The summed E-state index contributed by atoms with van der Waals surface area (Å²) in [6, 6.07) is 13.3. The number of nitrogens with zero attached hydrogens (tertiary/aromatic N) is 1. The van der Waals surface area contributed by atoms with Crippen LogP contribution in [0, 0.1) is 0 Å². The number of ether oxygens (including phenoxy) is 1. The molecule has 5 heteroatoms. The smallest absolute Gasteiger partial charge is 0.408 e. The van der Waals surface area contributed by atoms with Crippen molar-refractivity contribution in [3.05, 3.63) is 71.0 Å². The molecule has 1 aliphatic rings. The summed E-state index contributed by atoms with van der Waals surface area (Å²) in [4.78, 5) is 16.4. The largest absolute Gasteiger partial charge is 0.445 e. The van der Waals surface area contributed by atoms with Gasteiger partial charge in [-0.3, -0.25) is 0 Å². The monoisotopic (exact) mass is 342 g/mol. The minimum absolute atomic E-state index is 0.247. The Bertz CT molecular complexity index is 770. The van der Waals surface area contributed by atoms with Crippen molar-refractivity contribution in [1.82, 2.24) is 10.3 Å². The Kier molecular flexibility index (Phi) is 4.58. The predicted octanol–water partition coefficient (Wildman–Crippen LogP) is 4.68. The predicted molar refractivity (Wildman–Crippen MR) is 94.6 cm³/mol. The van der Waals surface area contributed by atoms with E-state index in [0.717, 1.165) is 35.2 Å². The Labute approximate surface area is 146 Å². The van der Waals surface area contributed by atoms with E-state index in [0.29, 0.717) is 5.15 Å². The van der Waals surface area contributed by atoms with Crippen molar-refractivity contribution < 1.29 is 9.53 Å². The second-order valence-corrected chi connectivity index (χ2v) is 6.50. The van der Waals surface area contributed by atoms with Crippen LogP contribution in [0.2, 0.25) is 5.15 Å². The summed E-state index contributed by atoms with van der Waals surface area (Å²) in [5.74, 6) is 0. The molecule has 1 aromatic heterocycles. The van der Waals surface area contributed by atoms with Crippen LogP contribution in [0.4, 0.5) is 4.79 Å². The Balaban J connectivity index is 1.68. The number of hydrogen-bond acceptors (Lipinski definition) is 3. The molecule has 24 heavy (non-hydrogen) atoms. The normalized spacial score (nSPS) is 14.8. The van der Waals surface area contributed by atoms with Gasteiger partial charge in [-0.05, 0) is 48.6 Å². The highest BCUT2D eigenvalue weighted by Crippen LogP contribution is 2.46. The lowest BCUT2D eigenvalue weighted by Crippen LogP contribution is -2.35. The maximum atomic E-state index is 12.1. The van der Waals surface area contributed by atoms with Gasteiger partial charge < -0.3 is 10.1 Å². The van der Waals surface area contributed by atoms with Crippen LogP contribution in [0.5, 0.6) is 0 Å². The third kappa shape index (κ3) is 3.77. The second-order valence-electron chi connectivity index (χ2n) is 6.11. The summed E-state index contributed by atoms with van der Waals surface area (Å²) >= 11 is 6.11. The van der Waals surface area contributed by atoms with Crippen molar-refractivity contribution >= 4 is 23.3 Å². The van der Waals surface area contributed by atoms with Gasteiger partial charge in [-0.25, -0.2) is 9.78 Å². The zero-order chi connectivity index (χ0) is 17.2. The van der Waals surface area contributed by atoms with Gasteiger partial charge in [-0.15, -0.1) is 0 Å². The fourth-order valence-corrected chi connectivity index (χ4v) is 2.77. The molecule has 0 atom stereocenters. The average molecular weight is 343 g/mol. The first-order chi connectivity index (χ1) is 11.5. The molecule has 1 amide bonds. The molecule has 1 saturated carbocycles. The van der Waals surface area contributed by atoms with E-state index < -0.39 is 11.6 Å². The van der Waals surface area contributed by atoms with E-state index in [1.54, 1.807) is 6.07 Å². The topological polar surface area (TPSA) is 51.2 Å². The first-order valence-corrected chi connectivity index (χ1v) is 8.19. The molecule has 0 spiro atoms. The van der Waals surface area contributed by atoms with Gasteiger partial charge >= 0.3 is 6.09 Å². The van der Waals surface area contributed by atoms with Gasteiger partial charge in [0.2, 0.25) is 0 Å². The number of carbonyl (C=O) groups excluding carboxylic acids is 1. The van der Waals surface area contributed by atoms with E-state index in [1.165, 1.54) is 0 Å². The highest BCUT2D eigenvalue weighted by atomic mass is 35.5. The number of hydrogen-bond donors (Lipinski definition) is 1. The quantitative estimate of drug-likeness (QED) is 0.802. The number of pyridine rings is 1. The number of allylic oxidation sites excluding steroid dienone is 1. The van der Waals surface area contributed by atoms with E-state index in [-0.39, 0.29) is 6.61 Å². The summed E-state index contributed by atoms with van der Waals surface area (Å²) in [5, 5.41) is 3.37. The number of benzene rings is 1. The molecule has 1 aliphatic carbocycles.